The van der Waals surface area contributed by atoms with Crippen molar-refractivity contribution in [1.29, 1.82) is 0 Å². The number of fused-ring (bicyclic) bond motifs is 1. The minimum Gasteiger partial charge on any atom is -0.322 e. The van der Waals surface area contributed by atoms with Gasteiger partial charge in [0.15, 0.2) is 10.3 Å². The number of nitrogens with zero attached hydrogens (tertiary/aromatic N) is 4. The average molecular weight is 437 g/mol. The van der Waals surface area contributed by atoms with Crippen molar-refractivity contribution in [3.63, 3.8) is 0 Å². The summed E-state index contributed by atoms with van der Waals surface area (Å²) in [5.41, 5.74) is 7.33. The van der Waals surface area contributed by atoms with Gasteiger partial charge in [-0.25, -0.2) is 9.97 Å². The molecule has 0 aliphatic carbocycles. The first-order chi connectivity index (χ1) is 14.3. The standard InChI is InChI=1S/C23H24N4OS2/c1-14-10-15(2)21(16(3)11-14)27(17(4)28)23-24-18(13-30-23)12-29-22-25-19-8-6-7-9-20(19)26(22)5/h6-11,13H,12H2,1-5H3. The molecule has 0 aliphatic heterocycles. The maximum Gasteiger partial charge on any atom is 0.230 e. The van der Waals surface area contributed by atoms with Gasteiger partial charge in [0.1, 0.15) is 0 Å². The van der Waals surface area contributed by atoms with Gasteiger partial charge in [0, 0.05) is 25.1 Å². The van der Waals surface area contributed by atoms with E-state index >= 15 is 0 Å². The Bertz CT molecular complexity index is 1220. The Morgan fingerprint density at radius 1 is 1.13 bits per heavy atom. The van der Waals surface area contributed by atoms with E-state index in [1.807, 2.05) is 44.5 Å². The molecule has 0 aliphatic rings. The first-order valence-electron chi connectivity index (χ1n) is 9.72. The van der Waals surface area contributed by atoms with E-state index in [2.05, 4.69) is 29.7 Å². The molecule has 154 valence electrons. The summed E-state index contributed by atoms with van der Waals surface area (Å²) in [5.74, 6) is 0.666. The van der Waals surface area contributed by atoms with Crippen LogP contribution in [0.3, 0.4) is 0 Å². The number of hydrogen-bond donors (Lipinski definition) is 0. The smallest absolute Gasteiger partial charge is 0.230 e. The van der Waals surface area contributed by atoms with E-state index in [9.17, 15) is 4.79 Å². The zero-order valence-electron chi connectivity index (χ0n) is 17.8. The summed E-state index contributed by atoms with van der Waals surface area (Å²) in [6.07, 6.45) is 0. The third-order valence-corrected chi connectivity index (χ3v) is 6.94. The molecule has 4 rings (SSSR count). The lowest BCUT2D eigenvalue weighted by molar-refractivity contribution is -0.115. The number of amides is 1. The van der Waals surface area contributed by atoms with Crippen LogP contribution in [0.2, 0.25) is 0 Å². The third-order valence-electron chi connectivity index (χ3n) is 5.00. The number of imidazole rings is 1. The average Bonchev–Trinajstić information content (AvgIpc) is 3.27. The molecule has 5 nitrogen and oxygen atoms in total. The number of para-hydroxylation sites is 2. The molecule has 0 spiro atoms. The molecule has 2 aromatic carbocycles. The van der Waals surface area contributed by atoms with Gasteiger partial charge in [0.05, 0.1) is 22.4 Å². The van der Waals surface area contributed by atoms with Crippen molar-refractivity contribution < 1.29 is 4.79 Å². The number of anilines is 2. The lowest BCUT2D eigenvalue weighted by Crippen LogP contribution is -2.24. The zero-order chi connectivity index (χ0) is 21.4. The summed E-state index contributed by atoms with van der Waals surface area (Å²) in [7, 11) is 2.03. The number of carbonyl (C=O) groups excluding carboxylic acids is 1. The highest BCUT2D eigenvalue weighted by Gasteiger charge is 2.22. The van der Waals surface area contributed by atoms with Crippen molar-refractivity contribution >= 4 is 50.9 Å². The summed E-state index contributed by atoms with van der Waals surface area (Å²) in [6.45, 7) is 7.75. The number of aryl methyl sites for hydroxylation is 4. The summed E-state index contributed by atoms with van der Waals surface area (Å²) < 4.78 is 2.11. The van der Waals surface area contributed by atoms with Crippen molar-refractivity contribution in [2.45, 2.75) is 38.6 Å². The van der Waals surface area contributed by atoms with Crippen LogP contribution in [0.25, 0.3) is 11.0 Å². The monoisotopic (exact) mass is 436 g/mol. The van der Waals surface area contributed by atoms with Crippen molar-refractivity contribution in [3.8, 4) is 0 Å². The van der Waals surface area contributed by atoms with Crippen LogP contribution < -0.4 is 4.90 Å². The Hall–Kier alpha value is -2.64. The molecule has 0 bridgehead atoms. The number of hydrogen-bond acceptors (Lipinski definition) is 5. The highest BCUT2D eigenvalue weighted by atomic mass is 32.2. The summed E-state index contributed by atoms with van der Waals surface area (Å²) in [4.78, 5) is 23.8. The molecule has 0 fully saturated rings. The Morgan fingerprint density at radius 3 is 2.50 bits per heavy atom. The lowest BCUT2D eigenvalue weighted by Gasteiger charge is -2.23. The fourth-order valence-electron chi connectivity index (χ4n) is 3.77. The highest BCUT2D eigenvalue weighted by Crippen LogP contribution is 2.35. The van der Waals surface area contributed by atoms with Crippen LogP contribution in [0.1, 0.15) is 29.3 Å². The predicted octanol–water partition coefficient (Wildman–Crippen LogP) is 5.93. The van der Waals surface area contributed by atoms with Gasteiger partial charge in [0.25, 0.3) is 0 Å². The molecular formula is C23H24N4OS2. The molecule has 0 atom stereocenters. The van der Waals surface area contributed by atoms with Gasteiger partial charge in [-0.3, -0.25) is 9.69 Å². The van der Waals surface area contributed by atoms with Gasteiger partial charge in [-0.15, -0.1) is 11.3 Å². The number of rotatable bonds is 5. The predicted molar refractivity (Wildman–Crippen MR) is 126 cm³/mol. The number of aromatic nitrogens is 3. The van der Waals surface area contributed by atoms with Crippen molar-refractivity contribution in [1.82, 2.24) is 14.5 Å². The van der Waals surface area contributed by atoms with E-state index < -0.39 is 0 Å². The molecular weight excluding hydrogens is 412 g/mol. The van der Waals surface area contributed by atoms with Gasteiger partial charge in [-0.2, -0.15) is 0 Å². The maximum atomic E-state index is 12.5. The highest BCUT2D eigenvalue weighted by molar-refractivity contribution is 7.98. The minimum atomic E-state index is -0.0334. The number of thiazole rings is 1. The first kappa shape index (κ1) is 20.6. The fourth-order valence-corrected chi connectivity index (χ4v) is 5.63. The molecule has 2 heterocycles. The van der Waals surface area contributed by atoms with Crippen LogP contribution in [0.5, 0.6) is 0 Å². The Labute approximate surface area is 184 Å². The fraction of sp³-hybridized carbons (Fsp3) is 0.261. The first-order valence-corrected chi connectivity index (χ1v) is 11.6. The zero-order valence-corrected chi connectivity index (χ0v) is 19.4. The van der Waals surface area contributed by atoms with Crippen LogP contribution in [0, 0.1) is 20.8 Å². The van der Waals surface area contributed by atoms with Gasteiger partial charge in [-0.05, 0) is 44.0 Å². The Morgan fingerprint density at radius 2 is 1.83 bits per heavy atom. The van der Waals surface area contributed by atoms with Crippen LogP contribution in [0.15, 0.2) is 46.9 Å². The molecule has 0 N–H and O–H groups in total. The second kappa shape index (κ2) is 8.24. The van der Waals surface area contributed by atoms with E-state index in [1.54, 1.807) is 23.6 Å². The van der Waals surface area contributed by atoms with E-state index in [1.165, 1.54) is 16.9 Å². The summed E-state index contributed by atoms with van der Waals surface area (Å²) in [6, 6.07) is 12.3. The summed E-state index contributed by atoms with van der Waals surface area (Å²) >= 11 is 3.16. The van der Waals surface area contributed by atoms with Crippen molar-refractivity contribution in [3.05, 3.63) is 64.2 Å². The molecule has 0 saturated heterocycles. The maximum absolute atomic E-state index is 12.5. The summed E-state index contributed by atoms with van der Waals surface area (Å²) in [5, 5.41) is 3.69. The van der Waals surface area contributed by atoms with E-state index in [0.717, 1.165) is 38.7 Å². The quantitative estimate of drug-likeness (QED) is 0.364. The third kappa shape index (κ3) is 3.87. The molecule has 30 heavy (non-hydrogen) atoms. The number of thioether (sulfide) groups is 1. The molecule has 4 aromatic rings. The normalized spacial score (nSPS) is 11.2. The SMILES string of the molecule is CC(=O)N(c1nc(CSc2nc3ccccc3n2C)cs1)c1c(C)cc(C)cc1C. The van der Waals surface area contributed by atoms with Crippen LogP contribution in [-0.2, 0) is 17.6 Å². The number of benzene rings is 2. The lowest BCUT2D eigenvalue weighted by atomic mass is 10.0. The molecule has 0 unspecified atom stereocenters. The molecule has 0 radical (unpaired) electrons. The van der Waals surface area contributed by atoms with Gasteiger partial charge in [-0.1, -0.05) is 41.6 Å². The van der Waals surface area contributed by atoms with Crippen LogP contribution in [-0.4, -0.2) is 20.4 Å². The second-order valence-corrected chi connectivity index (χ2v) is 9.23. The molecule has 7 heteroatoms. The van der Waals surface area contributed by atoms with Gasteiger partial charge < -0.3 is 4.57 Å². The molecule has 2 aromatic heterocycles. The minimum absolute atomic E-state index is 0.0334. The van der Waals surface area contributed by atoms with Gasteiger partial charge in [0.2, 0.25) is 5.91 Å². The van der Waals surface area contributed by atoms with Crippen LogP contribution >= 0.6 is 23.1 Å². The van der Waals surface area contributed by atoms with Crippen LogP contribution in [0.4, 0.5) is 10.8 Å². The van der Waals surface area contributed by atoms with E-state index in [4.69, 9.17) is 9.97 Å². The Kier molecular flexibility index (Phi) is 5.66. The second-order valence-electron chi connectivity index (χ2n) is 7.45. The van der Waals surface area contributed by atoms with E-state index in [-0.39, 0.29) is 5.91 Å². The largest absolute Gasteiger partial charge is 0.322 e. The van der Waals surface area contributed by atoms with Crippen molar-refractivity contribution in [2.24, 2.45) is 7.05 Å². The Balaban J connectivity index is 1.59. The molecule has 1 amide bonds. The van der Waals surface area contributed by atoms with Gasteiger partial charge >= 0.3 is 0 Å². The topological polar surface area (TPSA) is 51.0 Å². The molecule has 0 saturated carbocycles. The van der Waals surface area contributed by atoms with Crippen molar-refractivity contribution in [2.75, 3.05) is 4.90 Å². The number of carbonyl (C=O) groups is 1. The van der Waals surface area contributed by atoms with E-state index in [0.29, 0.717) is 10.9 Å².